The Morgan fingerprint density at radius 1 is 1.50 bits per heavy atom. The molecule has 0 bridgehead atoms. The van der Waals surface area contributed by atoms with Crippen LogP contribution in [0.3, 0.4) is 0 Å². The Balaban J connectivity index is 2.68. The molecule has 0 aromatic carbocycles. The standard InChI is InChI=1S/C9H11N5O2/c1-5-4-10-9(11-5)8-7(14(15)16)6(2)12-13(8)3/h4H,1-3H3,(H,10,11). The van der Waals surface area contributed by atoms with E-state index in [0.717, 1.165) is 5.69 Å². The van der Waals surface area contributed by atoms with Gasteiger partial charge in [-0.3, -0.25) is 14.8 Å². The van der Waals surface area contributed by atoms with Crippen molar-refractivity contribution >= 4 is 5.69 Å². The van der Waals surface area contributed by atoms with Gasteiger partial charge < -0.3 is 4.98 Å². The number of aryl methyl sites for hydroxylation is 3. The molecular weight excluding hydrogens is 210 g/mol. The minimum absolute atomic E-state index is 0.00292. The second-order valence-corrected chi connectivity index (χ2v) is 3.58. The summed E-state index contributed by atoms with van der Waals surface area (Å²) in [4.78, 5) is 17.6. The fourth-order valence-corrected chi connectivity index (χ4v) is 1.66. The monoisotopic (exact) mass is 221 g/mol. The Bertz CT molecular complexity index is 554. The molecule has 0 aliphatic carbocycles. The van der Waals surface area contributed by atoms with Gasteiger partial charge in [0.25, 0.3) is 0 Å². The molecule has 0 atom stereocenters. The summed E-state index contributed by atoms with van der Waals surface area (Å²) in [5.74, 6) is 0.465. The van der Waals surface area contributed by atoms with Crippen molar-refractivity contribution in [3.63, 3.8) is 0 Å². The minimum Gasteiger partial charge on any atom is -0.341 e. The maximum Gasteiger partial charge on any atom is 0.321 e. The lowest BCUT2D eigenvalue weighted by Gasteiger charge is -1.96. The van der Waals surface area contributed by atoms with Crippen molar-refractivity contribution in [3.05, 3.63) is 27.7 Å². The number of imidazole rings is 1. The molecule has 16 heavy (non-hydrogen) atoms. The van der Waals surface area contributed by atoms with Gasteiger partial charge in [0.15, 0.2) is 11.5 Å². The summed E-state index contributed by atoms with van der Waals surface area (Å²) in [7, 11) is 1.66. The molecule has 0 spiro atoms. The van der Waals surface area contributed by atoms with Gasteiger partial charge in [0.2, 0.25) is 0 Å². The lowest BCUT2D eigenvalue weighted by molar-refractivity contribution is -0.384. The lowest BCUT2D eigenvalue weighted by atomic mass is 10.3. The molecule has 0 saturated heterocycles. The van der Waals surface area contributed by atoms with Gasteiger partial charge in [-0.25, -0.2) is 4.98 Å². The fourth-order valence-electron chi connectivity index (χ4n) is 1.66. The Morgan fingerprint density at radius 3 is 2.69 bits per heavy atom. The molecule has 2 aromatic rings. The average molecular weight is 221 g/mol. The third kappa shape index (κ3) is 1.46. The van der Waals surface area contributed by atoms with Gasteiger partial charge in [-0.15, -0.1) is 0 Å². The molecule has 0 fully saturated rings. The highest BCUT2D eigenvalue weighted by molar-refractivity contribution is 5.66. The first-order valence-corrected chi connectivity index (χ1v) is 4.70. The van der Waals surface area contributed by atoms with Gasteiger partial charge in [0.05, 0.1) is 4.92 Å². The van der Waals surface area contributed by atoms with Crippen LogP contribution in [-0.2, 0) is 7.05 Å². The van der Waals surface area contributed by atoms with Gasteiger partial charge in [-0.05, 0) is 13.8 Å². The number of nitro groups is 1. The second kappa shape index (κ2) is 3.44. The summed E-state index contributed by atoms with van der Waals surface area (Å²) in [6.07, 6.45) is 1.63. The van der Waals surface area contributed by atoms with Crippen molar-refractivity contribution in [3.8, 4) is 11.5 Å². The van der Waals surface area contributed by atoms with E-state index in [1.54, 1.807) is 20.2 Å². The van der Waals surface area contributed by atoms with Crippen molar-refractivity contribution in [1.29, 1.82) is 0 Å². The number of aromatic nitrogens is 4. The molecule has 2 rings (SSSR count). The number of H-pyrrole nitrogens is 1. The topological polar surface area (TPSA) is 89.6 Å². The first-order valence-electron chi connectivity index (χ1n) is 4.70. The number of hydrogen-bond donors (Lipinski definition) is 1. The van der Waals surface area contributed by atoms with E-state index in [4.69, 9.17) is 0 Å². The predicted octanol–water partition coefficient (Wildman–Crippen LogP) is 1.34. The zero-order valence-corrected chi connectivity index (χ0v) is 9.18. The molecule has 0 radical (unpaired) electrons. The summed E-state index contributed by atoms with van der Waals surface area (Å²) in [5.41, 5.74) is 1.63. The van der Waals surface area contributed by atoms with Crippen molar-refractivity contribution in [2.45, 2.75) is 13.8 Å². The van der Waals surface area contributed by atoms with Crippen LogP contribution >= 0.6 is 0 Å². The summed E-state index contributed by atoms with van der Waals surface area (Å²) in [5, 5.41) is 15.0. The molecule has 1 N–H and O–H groups in total. The molecule has 2 heterocycles. The first-order chi connectivity index (χ1) is 7.50. The Kier molecular flexibility index (Phi) is 2.22. The van der Waals surface area contributed by atoms with E-state index in [0.29, 0.717) is 17.2 Å². The van der Waals surface area contributed by atoms with E-state index in [-0.39, 0.29) is 5.69 Å². The SMILES string of the molecule is Cc1cnc(-c2c([N+](=O)[O-])c(C)nn2C)[nH]1. The van der Waals surface area contributed by atoms with Crippen LogP contribution in [0.5, 0.6) is 0 Å². The van der Waals surface area contributed by atoms with E-state index >= 15 is 0 Å². The summed E-state index contributed by atoms with van der Waals surface area (Å²) >= 11 is 0. The number of nitrogens with one attached hydrogen (secondary N) is 1. The minimum atomic E-state index is -0.435. The first kappa shape index (κ1) is 10.3. The van der Waals surface area contributed by atoms with E-state index in [1.165, 1.54) is 4.68 Å². The van der Waals surface area contributed by atoms with Crippen LogP contribution in [0.15, 0.2) is 6.20 Å². The third-order valence-electron chi connectivity index (χ3n) is 2.30. The van der Waals surface area contributed by atoms with E-state index in [2.05, 4.69) is 15.1 Å². The van der Waals surface area contributed by atoms with Crippen molar-refractivity contribution in [2.75, 3.05) is 0 Å². The largest absolute Gasteiger partial charge is 0.341 e. The number of nitrogens with zero attached hydrogens (tertiary/aromatic N) is 4. The average Bonchev–Trinajstić information content (AvgIpc) is 2.69. The molecule has 0 aliphatic heterocycles. The van der Waals surface area contributed by atoms with Crippen molar-refractivity contribution in [1.82, 2.24) is 19.7 Å². The lowest BCUT2D eigenvalue weighted by Crippen LogP contribution is -1.97. The molecular formula is C9H11N5O2. The highest BCUT2D eigenvalue weighted by Crippen LogP contribution is 2.29. The fraction of sp³-hybridized carbons (Fsp3) is 0.333. The highest BCUT2D eigenvalue weighted by Gasteiger charge is 2.26. The van der Waals surface area contributed by atoms with E-state index in [9.17, 15) is 10.1 Å². The maximum atomic E-state index is 10.9. The van der Waals surface area contributed by atoms with Gasteiger partial charge >= 0.3 is 5.69 Å². The zero-order chi connectivity index (χ0) is 11.9. The van der Waals surface area contributed by atoms with Gasteiger partial charge in [0, 0.05) is 18.9 Å². The molecule has 0 aliphatic rings. The molecule has 84 valence electrons. The maximum absolute atomic E-state index is 10.9. The zero-order valence-electron chi connectivity index (χ0n) is 9.18. The van der Waals surface area contributed by atoms with E-state index < -0.39 is 4.92 Å². The predicted molar refractivity (Wildman–Crippen MR) is 56.9 cm³/mol. The van der Waals surface area contributed by atoms with Crippen molar-refractivity contribution in [2.24, 2.45) is 7.05 Å². The van der Waals surface area contributed by atoms with Crippen molar-refractivity contribution < 1.29 is 4.92 Å². The molecule has 7 heteroatoms. The molecule has 7 nitrogen and oxygen atoms in total. The number of hydrogen-bond acceptors (Lipinski definition) is 4. The third-order valence-corrected chi connectivity index (χ3v) is 2.30. The Hall–Kier alpha value is -2.18. The van der Waals surface area contributed by atoms with Crippen LogP contribution in [0, 0.1) is 24.0 Å². The smallest absolute Gasteiger partial charge is 0.321 e. The Morgan fingerprint density at radius 2 is 2.19 bits per heavy atom. The van der Waals surface area contributed by atoms with Gasteiger partial charge in [-0.1, -0.05) is 0 Å². The number of aromatic amines is 1. The van der Waals surface area contributed by atoms with Crippen LogP contribution in [0.25, 0.3) is 11.5 Å². The quantitative estimate of drug-likeness (QED) is 0.612. The molecule has 0 unspecified atom stereocenters. The van der Waals surface area contributed by atoms with Gasteiger partial charge in [0.1, 0.15) is 5.69 Å². The summed E-state index contributed by atoms with van der Waals surface area (Å²) < 4.78 is 1.46. The van der Waals surface area contributed by atoms with E-state index in [1.807, 2.05) is 6.92 Å². The highest BCUT2D eigenvalue weighted by atomic mass is 16.6. The number of rotatable bonds is 2. The summed E-state index contributed by atoms with van der Waals surface area (Å²) in [6, 6.07) is 0. The van der Waals surface area contributed by atoms with Gasteiger partial charge in [-0.2, -0.15) is 5.10 Å². The van der Waals surface area contributed by atoms with Crippen LogP contribution in [-0.4, -0.2) is 24.7 Å². The molecule has 2 aromatic heterocycles. The van der Waals surface area contributed by atoms with Crippen LogP contribution in [0.1, 0.15) is 11.4 Å². The second-order valence-electron chi connectivity index (χ2n) is 3.58. The van der Waals surface area contributed by atoms with Crippen LogP contribution in [0.2, 0.25) is 0 Å². The Labute approximate surface area is 91.3 Å². The van der Waals surface area contributed by atoms with Crippen LogP contribution in [0.4, 0.5) is 5.69 Å². The molecule has 0 amide bonds. The van der Waals surface area contributed by atoms with Crippen LogP contribution < -0.4 is 0 Å². The normalized spacial score (nSPS) is 10.7. The summed E-state index contributed by atoms with van der Waals surface area (Å²) in [6.45, 7) is 3.45. The molecule has 0 saturated carbocycles.